The maximum Gasteiger partial charge on any atom is 0.304 e. The Balaban J connectivity index is 0.000000531. The van der Waals surface area contributed by atoms with Gasteiger partial charge < -0.3 is 4.42 Å². The van der Waals surface area contributed by atoms with Crippen molar-refractivity contribution in [2.24, 2.45) is 0 Å². The Bertz CT molecular complexity index is 461. The summed E-state index contributed by atoms with van der Waals surface area (Å²) in [4.78, 5) is 0. The van der Waals surface area contributed by atoms with Crippen LogP contribution in [0.3, 0.4) is 0 Å². The van der Waals surface area contributed by atoms with Crippen LogP contribution in [-0.2, 0) is 0 Å². The fraction of sp³-hybridized carbons (Fsp3) is 0.222. The molecule has 0 radical (unpaired) electrons. The lowest BCUT2D eigenvalue weighted by Crippen LogP contribution is -2.30. The second kappa shape index (κ2) is 5.55. The molecular formula is C9H10FINO2S+. The van der Waals surface area contributed by atoms with Gasteiger partial charge in [0.1, 0.15) is 0 Å². The van der Waals surface area contributed by atoms with Crippen LogP contribution in [0.1, 0.15) is 13.8 Å². The number of halogens is 2. The molecule has 0 saturated heterocycles. The van der Waals surface area contributed by atoms with Crippen molar-refractivity contribution in [1.82, 2.24) is 0 Å². The van der Waals surface area contributed by atoms with Crippen molar-refractivity contribution in [3.05, 3.63) is 24.1 Å². The summed E-state index contributed by atoms with van der Waals surface area (Å²) in [5.74, 6) is -0.533. The molecule has 15 heavy (non-hydrogen) atoms. The molecular weight excluding hydrogens is 332 g/mol. The van der Waals surface area contributed by atoms with Gasteiger partial charge in [-0.05, 0) is 8.93 Å². The smallest absolute Gasteiger partial charge is 0.304 e. The summed E-state index contributed by atoms with van der Waals surface area (Å²) in [7, 11) is 1.37. The molecule has 0 aliphatic heterocycles. The minimum atomic E-state index is -0.533. The van der Waals surface area contributed by atoms with Gasteiger partial charge in [0.2, 0.25) is 5.58 Å². The van der Waals surface area contributed by atoms with Gasteiger partial charge in [-0.1, -0.05) is 13.8 Å². The van der Waals surface area contributed by atoms with Crippen molar-refractivity contribution in [1.29, 1.82) is 0 Å². The van der Waals surface area contributed by atoms with Crippen LogP contribution in [0.5, 0.6) is 0 Å². The highest BCUT2D eigenvalue weighted by Gasteiger charge is 2.16. The zero-order valence-corrected chi connectivity index (χ0v) is 11.2. The minimum absolute atomic E-state index is 0.335. The van der Waals surface area contributed by atoms with E-state index in [1.165, 1.54) is 15.0 Å². The van der Waals surface area contributed by atoms with E-state index in [1.54, 1.807) is 6.07 Å². The number of aromatic nitrogens is 1. The fourth-order valence-corrected chi connectivity index (χ4v) is 1.97. The van der Waals surface area contributed by atoms with Gasteiger partial charge in [-0.15, -0.1) is 0 Å². The molecule has 0 fully saturated rings. The first-order valence-electron chi connectivity index (χ1n) is 4.33. The first-order chi connectivity index (χ1) is 7.20. The van der Waals surface area contributed by atoms with E-state index in [9.17, 15) is 9.60 Å². The topological polar surface area (TPSA) is 37.2 Å². The van der Waals surface area contributed by atoms with Crippen LogP contribution in [0.4, 0.5) is 4.39 Å². The molecule has 3 nitrogen and oxygen atoms in total. The van der Waals surface area contributed by atoms with Gasteiger partial charge in [-0.2, -0.15) is 0 Å². The average molecular weight is 342 g/mol. The standard InChI is InChI=1S/C7H4FINO2S.C2H6/c8-4-1-6-5(10(11)3-4)2-7(12-6)13-9;1-2/h1-3,11H;1-2H3/q+1;. The maximum atomic E-state index is 12.8. The summed E-state index contributed by atoms with van der Waals surface area (Å²) in [6, 6.07) is 2.88. The third-order valence-corrected chi connectivity index (χ3v) is 3.21. The molecule has 1 N–H and O–H groups in total. The third-order valence-electron chi connectivity index (χ3n) is 1.56. The quantitative estimate of drug-likeness (QED) is 0.489. The zero-order valence-electron chi connectivity index (χ0n) is 8.20. The molecule has 0 atom stereocenters. The van der Waals surface area contributed by atoms with Crippen molar-refractivity contribution >= 4 is 41.2 Å². The van der Waals surface area contributed by atoms with Crippen molar-refractivity contribution in [2.75, 3.05) is 0 Å². The van der Waals surface area contributed by atoms with Crippen molar-refractivity contribution in [3.8, 4) is 0 Å². The van der Waals surface area contributed by atoms with Gasteiger partial charge in [0.05, 0.1) is 6.07 Å². The van der Waals surface area contributed by atoms with Gasteiger partial charge in [0, 0.05) is 32.0 Å². The Labute approximate surface area is 103 Å². The molecule has 0 aliphatic carbocycles. The fourth-order valence-electron chi connectivity index (χ4n) is 1.04. The molecule has 0 aliphatic rings. The Morgan fingerprint density at radius 3 is 2.73 bits per heavy atom. The number of furan rings is 1. The van der Waals surface area contributed by atoms with E-state index in [0.717, 1.165) is 6.20 Å². The van der Waals surface area contributed by atoms with E-state index in [0.29, 0.717) is 20.9 Å². The SMILES string of the molecule is CC.O[n+]1cc(F)cc2oc(SI)cc21. The van der Waals surface area contributed by atoms with Crippen molar-refractivity contribution in [2.45, 2.75) is 18.9 Å². The van der Waals surface area contributed by atoms with Gasteiger partial charge in [-0.3, -0.25) is 5.21 Å². The molecule has 2 rings (SSSR count). The minimum Gasteiger partial charge on any atom is -0.442 e. The second-order valence-corrected chi connectivity index (χ2v) is 4.27. The highest BCUT2D eigenvalue weighted by atomic mass is 127. The van der Waals surface area contributed by atoms with Crippen LogP contribution in [0.2, 0.25) is 0 Å². The molecule has 0 saturated carbocycles. The van der Waals surface area contributed by atoms with E-state index >= 15 is 0 Å². The number of hydrogen-bond acceptors (Lipinski definition) is 3. The molecule has 0 unspecified atom stereocenters. The van der Waals surface area contributed by atoms with Gasteiger partial charge in [0.15, 0.2) is 10.9 Å². The molecule has 6 heteroatoms. The lowest BCUT2D eigenvalue weighted by atomic mass is 10.4. The first-order valence-corrected chi connectivity index (χ1v) is 7.69. The molecule has 0 bridgehead atoms. The lowest BCUT2D eigenvalue weighted by Gasteiger charge is -1.85. The zero-order chi connectivity index (χ0) is 11.4. The summed E-state index contributed by atoms with van der Waals surface area (Å²) < 4.78 is 18.7. The summed E-state index contributed by atoms with van der Waals surface area (Å²) in [6.07, 6.45) is 0.986. The summed E-state index contributed by atoms with van der Waals surface area (Å²) in [5, 5.41) is 9.89. The molecule has 0 amide bonds. The highest BCUT2D eigenvalue weighted by Crippen LogP contribution is 2.29. The van der Waals surface area contributed by atoms with Gasteiger partial charge in [0.25, 0.3) is 6.20 Å². The van der Waals surface area contributed by atoms with Crippen LogP contribution < -0.4 is 4.73 Å². The van der Waals surface area contributed by atoms with Gasteiger partial charge in [-0.25, -0.2) is 4.39 Å². The largest absolute Gasteiger partial charge is 0.442 e. The van der Waals surface area contributed by atoms with E-state index in [1.807, 2.05) is 35.1 Å². The molecule has 82 valence electrons. The van der Waals surface area contributed by atoms with Crippen molar-refractivity contribution in [3.63, 3.8) is 0 Å². The summed E-state index contributed by atoms with van der Waals surface area (Å²) >= 11 is 2.05. The maximum absolute atomic E-state index is 12.8. The Morgan fingerprint density at radius 2 is 2.13 bits per heavy atom. The molecule has 2 heterocycles. The van der Waals surface area contributed by atoms with Crippen LogP contribution >= 0.6 is 30.1 Å². The van der Waals surface area contributed by atoms with Crippen LogP contribution in [0.15, 0.2) is 27.8 Å². The predicted octanol–water partition coefficient (Wildman–Crippen LogP) is 3.57. The molecule has 0 spiro atoms. The van der Waals surface area contributed by atoms with E-state index in [2.05, 4.69) is 0 Å². The average Bonchev–Trinajstić information content (AvgIpc) is 2.64. The first kappa shape index (κ1) is 12.6. The molecule has 2 aromatic heterocycles. The lowest BCUT2D eigenvalue weighted by molar-refractivity contribution is -0.885. The molecule has 2 aromatic rings. The number of rotatable bonds is 1. The summed E-state index contributed by atoms with van der Waals surface area (Å²) in [6.45, 7) is 4.00. The van der Waals surface area contributed by atoms with E-state index in [-0.39, 0.29) is 0 Å². The Hall–Kier alpha value is -0.500. The third kappa shape index (κ3) is 2.75. The van der Waals surface area contributed by atoms with E-state index in [4.69, 9.17) is 4.42 Å². The second-order valence-electron chi connectivity index (χ2n) is 2.39. The van der Waals surface area contributed by atoms with E-state index < -0.39 is 5.82 Å². The Morgan fingerprint density at radius 1 is 1.47 bits per heavy atom. The normalized spacial score (nSPS) is 9.87. The number of fused-ring (bicyclic) bond motifs is 1. The highest BCUT2D eigenvalue weighted by molar-refractivity contribution is 14.2. The van der Waals surface area contributed by atoms with Crippen molar-refractivity contribution < 1.29 is 18.7 Å². The number of pyridine rings is 1. The van der Waals surface area contributed by atoms with Crippen LogP contribution in [-0.4, -0.2) is 5.21 Å². The molecule has 0 aromatic carbocycles. The number of nitrogens with zero attached hydrogens (tertiary/aromatic N) is 1. The van der Waals surface area contributed by atoms with Crippen LogP contribution in [0, 0.1) is 5.82 Å². The van der Waals surface area contributed by atoms with Crippen LogP contribution in [0.25, 0.3) is 11.1 Å². The Kier molecular flexibility index (Phi) is 4.65. The predicted molar refractivity (Wildman–Crippen MR) is 64.8 cm³/mol. The number of hydrogen-bond donors (Lipinski definition) is 1. The monoisotopic (exact) mass is 342 g/mol. The van der Waals surface area contributed by atoms with Gasteiger partial charge >= 0.3 is 5.52 Å². The summed E-state index contributed by atoms with van der Waals surface area (Å²) in [5.41, 5.74) is 0.794.